The van der Waals surface area contributed by atoms with E-state index in [1.807, 2.05) is 24.3 Å². The Morgan fingerprint density at radius 2 is 2.09 bits per heavy atom. The standard InChI is InChI=1S/C16H23N3O4/c1-22-14-4-2-13(3-5-14)12-18-16(21)23-11-10-19-9-8-17-7-6-15(19)20/h2-5,17H,6-12H2,1H3,(H,18,21). The lowest BCUT2D eigenvalue weighted by molar-refractivity contribution is -0.130. The Balaban J connectivity index is 1.65. The predicted octanol–water partition coefficient (Wildman–Crippen LogP) is 0.743. The molecule has 1 heterocycles. The normalized spacial score (nSPS) is 15.0. The van der Waals surface area contributed by atoms with E-state index >= 15 is 0 Å². The highest BCUT2D eigenvalue weighted by atomic mass is 16.5. The molecule has 0 spiro atoms. The summed E-state index contributed by atoms with van der Waals surface area (Å²) in [6.45, 7) is 3.13. The number of ether oxygens (including phenoxy) is 2. The van der Waals surface area contributed by atoms with E-state index in [0.29, 0.717) is 32.6 Å². The molecule has 126 valence electrons. The molecule has 2 rings (SSSR count). The van der Waals surface area contributed by atoms with Crippen LogP contribution in [0.25, 0.3) is 0 Å². The first-order valence-electron chi connectivity index (χ1n) is 7.71. The van der Waals surface area contributed by atoms with E-state index in [4.69, 9.17) is 9.47 Å². The van der Waals surface area contributed by atoms with Crippen molar-refractivity contribution in [2.75, 3.05) is 39.9 Å². The number of carbonyl (C=O) groups excluding carboxylic acids is 2. The van der Waals surface area contributed by atoms with Gasteiger partial charge in [-0.3, -0.25) is 4.79 Å². The molecule has 1 saturated heterocycles. The van der Waals surface area contributed by atoms with Crippen molar-refractivity contribution in [1.29, 1.82) is 0 Å². The van der Waals surface area contributed by atoms with Crippen molar-refractivity contribution < 1.29 is 19.1 Å². The zero-order valence-corrected chi connectivity index (χ0v) is 13.3. The molecule has 2 amide bonds. The molecule has 0 unspecified atom stereocenters. The third kappa shape index (κ3) is 5.78. The summed E-state index contributed by atoms with van der Waals surface area (Å²) in [5.41, 5.74) is 0.955. The van der Waals surface area contributed by atoms with Crippen LogP contribution >= 0.6 is 0 Å². The van der Waals surface area contributed by atoms with Gasteiger partial charge in [-0.1, -0.05) is 12.1 Å². The molecule has 1 fully saturated rings. The van der Waals surface area contributed by atoms with Crippen LogP contribution in [0.2, 0.25) is 0 Å². The largest absolute Gasteiger partial charge is 0.497 e. The van der Waals surface area contributed by atoms with E-state index in [9.17, 15) is 9.59 Å². The highest BCUT2D eigenvalue weighted by Crippen LogP contribution is 2.10. The van der Waals surface area contributed by atoms with Gasteiger partial charge in [0, 0.05) is 32.6 Å². The van der Waals surface area contributed by atoms with Gasteiger partial charge in [0.2, 0.25) is 5.91 Å². The number of hydrogen-bond acceptors (Lipinski definition) is 5. The molecule has 1 aliphatic rings. The molecule has 2 N–H and O–H groups in total. The minimum atomic E-state index is -0.485. The molecule has 0 saturated carbocycles. The Bertz CT molecular complexity index is 519. The number of carbonyl (C=O) groups is 2. The van der Waals surface area contributed by atoms with Gasteiger partial charge in [-0.05, 0) is 17.7 Å². The van der Waals surface area contributed by atoms with Crippen LogP contribution in [0.1, 0.15) is 12.0 Å². The molecule has 23 heavy (non-hydrogen) atoms. The first kappa shape index (κ1) is 17.1. The van der Waals surface area contributed by atoms with Crippen molar-refractivity contribution in [2.24, 2.45) is 0 Å². The third-order valence-electron chi connectivity index (χ3n) is 3.62. The van der Waals surface area contributed by atoms with E-state index in [1.54, 1.807) is 12.0 Å². The lowest BCUT2D eigenvalue weighted by Gasteiger charge is -2.19. The number of methoxy groups -OCH3 is 1. The van der Waals surface area contributed by atoms with Crippen LogP contribution < -0.4 is 15.4 Å². The number of rotatable bonds is 6. The molecule has 0 bridgehead atoms. The number of alkyl carbamates (subject to hydrolysis) is 1. The van der Waals surface area contributed by atoms with Crippen LogP contribution in [0.15, 0.2) is 24.3 Å². The van der Waals surface area contributed by atoms with E-state index in [2.05, 4.69) is 10.6 Å². The molecule has 0 aliphatic carbocycles. The van der Waals surface area contributed by atoms with Gasteiger partial charge in [0.05, 0.1) is 13.7 Å². The van der Waals surface area contributed by atoms with E-state index in [-0.39, 0.29) is 12.5 Å². The minimum Gasteiger partial charge on any atom is -0.497 e. The zero-order chi connectivity index (χ0) is 16.5. The molecular formula is C16H23N3O4. The monoisotopic (exact) mass is 321 g/mol. The lowest BCUT2D eigenvalue weighted by Crippen LogP contribution is -2.36. The van der Waals surface area contributed by atoms with Gasteiger partial charge < -0.3 is 25.0 Å². The van der Waals surface area contributed by atoms with Crippen LogP contribution in [-0.2, 0) is 16.1 Å². The van der Waals surface area contributed by atoms with Crippen LogP contribution in [-0.4, -0.2) is 56.8 Å². The van der Waals surface area contributed by atoms with Crippen LogP contribution in [0.4, 0.5) is 4.79 Å². The maximum Gasteiger partial charge on any atom is 0.407 e. The van der Waals surface area contributed by atoms with Gasteiger partial charge in [-0.15, -0.1) is 0 Å². The van der Waals surface area contributed by atoms with Crippen molar-refractivity contribution in [2.45, 2.75) is 13.0 Å². The fourth-order valence-corrected chi connectivity index (χ4v) is 2.27. The lowest BCUT2D eigenvalue weighted by atomic mass is 10.2. The minimum absolute atomic E-state index is 0.0947. The van der Waals surface area contributed by atoms with E-state index in [0.717, 1.165) is 17.9 Å². The van der Waals surface area contributed by atoms with Gasteiger partial charge in [-0.2, -0.15) is 0 Å². The Morgan fingerprint density at radius 3 is 2.83 bits per heavy atom. The summed E-state index contributed by atoms with van der Waals surface area (Å²) >= 11 is 0. The summed E-state index contributed by atoms with van der Waals surface area (Å²) in [7, 11) is 1.61. The molecule has 0 aromatic heterocycles. The molecule has 1 aromatic carbocycles. The Morgan fingerprint density at radius 1 is 1.30 bits per heavy atom. The maximum absolute atomic E-state index is 11.8. The summed E-state index contributed by atoms with van der Waals surface area (Å²) < 4.78 is 10.2. The quantitative estimate of drug-likeness (QED) is 0.808. The fraction of sp³-hybridized carbons (Fsp3) is 0.500. The van der Waals surface area contributed by atoms with Gasteiger partial charge >= 0.3 is 6.09 Å². The summed E-state index contributed by atoms with van der Waals surface area (Å²) in [4.78, 5) is 25.1. The fourth-order valence-electron chi connectivity index (χ4n) is 2.27. The summed E-state index contributed by atoms with van der Waals surface area (Å²) in [5, 5.41) is 5.84. The number of nitrogens with zero attached hydrogens (tertiary/aromatic N) is 1. The number of nitrogens with one attached hydrogen (secondary N) is 2. The van der Waals surface area contributed by atoms with E-state index in [1.165, 1.54) is 0 Å². The smallest absolute Gasteiger partial charge is 0.407 e. The Labute approximate surface area is 135 Å². The van der Waals surface area contributed by atoms with Gasteiger partial charge in [0.1, 0.15) is 12.4 Å². The number of hydrogen-bond donors (Lipinski definition) is 2. The van der Waals surface area contributed by atoms with Gasteiger partial charge in [-0.25, -0.2) is 4.79 Å². The molecule has 0 radical (unpaired) electrons. The molecule has 7 heteroatoms. The summed E-state index contributed by atoms with van der Waals surface area (Å²) in [6, 6.07) is 7.42. The molecule has 0 atom stereocenters. The Kier molecular flexibility index (Phi) is 6.68. The molecule has 7 nitrogen and oxygen atoms in total. The topological polar surface area (TPSA) is 79.9 Å². The second-order valence-corrected chi connectivity index (χ2v) is 5.22. The van der Waals surface area contributed by atoms with Crippen molar-refractivity contribution in [1.82, 2.24) is 15.5 Å². The van der Waals surface area contributed by atoms with E-state index < -0.39 is 6.09 Å². The second-order valence-electron chi connectivity index (χ2n) is 5.22. The van der Waals surface area contributed by atoms with Crippen molar-refractivity contribution in [3.05, 3.63) is 29.8 Å². The number of benzene rings is 1. The van der Waals surface area contributed by atoms with Gasteiger partial charge in [0.25, 0.3) is 0 Å². The number of amides is 2. The van der Waals surface area contributed by atoms with Crippen LogP contribution in [0.5, 0.6) is 5.75 Å². The highest BCUT2D eigenvalue weighted by molar-refractivity contribution is 5.76. The van der Waals surface area contributed by atoms with Gasteiger partial charge in [0.15, 0.2) is 0 Å². The van der Waals surface area contributed by atoms with Crippen LogP contribution in [0.3, 0.4) is 0 Å². The first-order valence-corrected chi connectivity index (χ1v) is 7.71. The van der Waals surface area contributed by atoms with Crippen molar-refractivity contribution >= 4 is 12.0 Å². The Hall–Kier alpha value is -2.28. The summed E-state index contributed by atoms with van der Waals surface area (Å²) in [6.07, 6.45) is 0.00476. The molecular weight excluding hydrogens is 298 g/mol. The second kappa shape index (κ2) is 8.99. The first-order chi connectivity index (χ1) is 11.2. The average molecular weight is 321 g/mol. The average Bonchev–Trinajstić information content (AvgIpc) is 2.78. The third-order valence-corrected chi connectivity index (χ3v) is 3.62. The molecule has 1 aromatic rings. The SMILES string of the molecule is COc1ccc(CNC(=O)OCCN2CCNCCC2=O)cc1. The summed E-state index contributed by atoms with van der Waals surface area (Å²) in [5.74, 6) is 0.866. The van der Waals surface area contributed by atoms with Crippen molar-refractivity contribution in [3.8, 4) is 5.75 Å². The highest BCUT2D eigenvalue weighted by Gasteiger charge is 2.16. The zero-order valence-electron chi connectivity index (χ0n) is 13.3. The maximum atomic E-state index is 11.8. The van der Waals surface area contributed by atoms with Crippen molar-refractivity contribution in [3.63, 3.8) is 0 Å². The van der Waals surface area contributed by atoms with Crippen LogP contribution in [0, 0.1) is 0 Å². The predicted molar refractivity (Wildman–Crippen MR) is 85.2 cm³/mol. The molecule has 1 aliphatic heterocycles.